The van der Waals surface area contributed by atoms with Gasteiger partial charge in [0.05, 0.1) is 11.0 Å². The molecule has 1 amide bonds. The van der Waals surface area contributed by atoms with Crippen LogP contribution in [-0.4, -0.2) is 28.5 Å². The lowest BCUT2D eigenvalue weighted by Crippen LogP contribution is -2.12. The molecule has 2 aromatic rings. The van der Waals surface area contributed by atoms with Crippen LogP contribution >= 0.6 is 11.8 Å². The van der Waals surface area contributed by atoms with Crippen LogP contribution in [0.25, 0.3) is 0 Å². The second kappa shape index (κ2) is 6.27. The molecule has 6 heteroatoms. The van der Waals surface area contributed by atoms with Crippen molar-refractivity contribution in [2.75, 3.05) is 17.7 Å². The number of carbonyl (C=O) groups is 1. The van der Waals surface area contributed by atoms with Crippen molar-refractivity contribution in [3.8, 4) is 5.75 Å². The fraction of sp³-hybridized carbons (Fsp3) is 0.250. The molecule has 2 heterocycles. The number of aromatic amines is 1. The molecule has 1 aromatic heterocycles. The van der Waals surface area contributed by atoms with Gasteiger partial charge in [-0.3, -0.25) is 9.89 Å². The summed E-state index contributed by atoms with van der Waals surface area (Å²) < 4.78 is 5.51. The number of fused-ring (bicyclic) bond motifs is 1. The van der Waals surface area contributed by atoms with Crippen molar-refractivity contribution < 1.29 is 9.53 Å². The van der Waals surface area contributed by atoms with E-state index in [-0.39, 0.29) is 11.2 Å². The van der Waals surface area contributed by atoms with Gasteiger partial charge in [-0.1, -0.05) is 24.8 Å². The lowest BCUT2D eigenvalue weighted by molar-refractivity contribution is -0.113. The van der Waals surface area contributed by atoms with Gasteiger partial charge in [-0.2, -0.15) is 5.10 Å². The first kappa shape index (κ1) is 14.7. The number of carbonyl (C=O) groups excluding carboxylic acids is 1. The Hall–Kier alpha value is -2.21. The number of anilines is 1. The molecule has 0 fully saturated rings. The fourth-order valence-electron chi connectivity index (χ4n) is 2.42. The van der Waals surface area contributed by atoms with Gasteiger partial charge in [0, 0.05) is 11.3 Å². The van der Waals surface area contributed by atoms with E-state index in [4.69, 9.17) is 4.74 Å². The van der Waals surface area contributed by atoms with Crippen LogP contribution < -0.4 is 10.1 Å². The lowest BCUT2D eigenvalue weighted by Gasteiger charge is -2.15. The number of hydrogen-bond acceptors (Lipinski definition) is 4. The second-order valence-corrected chi connectivity index (χ2v) is 6.11. The fourth-order valence-corrected chi connectivity index (χ4v) is 3.62. The summed E-state index contributed by atoms with van der Waals surface area (Å²) in [5, 5.41) is 10.1. The van der Waals surface area contributed by atoms with E-state index in [0.29, 0.717) is 18.2 Å². The van der Waals surface area contributed by atoms with Gasteiger partial charge in [0.15, 0.2) is 5.82 Å². The highest BCUT2D eigenvalue weighted by Gasteiger charge is 2.28. The van der Waals surface area contributed by atoms with Crippen molar-refractivity contribution >= 4 is 23.5 Å². The normalized spacial score (nSPS) is 17.3. The van der Waals surface area contributed by atoms with Gasteiger partial charge in [0.25, 0.3) is 0 Å². The molecule has 2 N–H and O–H groups in total. The number of benzene rings is 1. The molecule has 1 aliphatic heterocycles. The van der Waals surface area contributed by atoms with Crippen LogP contribution in [0, 0.1) is 6.92 Å². The van der Waals surface area contributed by atoms with Gasteiger partial charge in [-0.15, -0.1) is 11.8 Å². The molecule has 0 saturated heterocycles. The minimum Gasteiger partial charge on any atom is -0.490 e. The quantitative estimate of drug-likeness (QED) is 0.851. The van der Waals surface area contributed by atoms with Crippen molar-refractivity contribution in [1.82, 2.24) is 10.2 Å². The van der Waals surface area contributed by atoms with E-state index in [9.17, 15) is 4.79 Å². The maximum atomic E-state index is 11.8. The predicted molar refractivity (Wildman–Crippen MR) is 88.4 cm³/mol. The lowest BCUT2D eigenvalue weighted by atomic mass is 10.0. The first-order chi connectivity index (χ1) is 10.7. The third-order valence-corrected chi connectivity index (χ3v) is 4.72. The standard InChI is InChI=1S/C16H17N3O2S/c1-3-8-21-12-6-4-11(5-7-12)15-14-10(2)18-19-16(14)17-13(20)9-22-15/h3-7,15H,1,8-9H2,2H3,(H2,17,18,19,20)/t15-/m1/s1. The Balaban J connectivity index is 1.91. The number of ether oxygens (including phenoxy) is 1. The summed E-state index contributed by atoms with van der Waals surface area (Å²) in [4.78, 5) is 11.8. The highest BCUT2D eigenvalue weighted by atomic mass is 32.2. The monoisotopic (exact) mass is 315 g/mol. The number of nitrogens with one attached hydrogen (secondary N) is 2. The van der Waals surface area contributed by atoms with Crippen molar-refractivity contribution in [3.05, 3.63) is 53.7 Å². The van der Waals surface area contributed by atoms with Crippen LogP contribution in [0.2, 0.25) is 0 Å². The number of thioether (sulfide) groups is 1. The summed E-state index contributed by atoms with van der Waals surface area (Å²) in [6, 6.07) is 7.94. The molecule has 0 radical (unpaired) electrons. The minimum absolute atomic E-state index is 0.0220. The third kappa shape index (κ3) is 2.87. The Morgan fingerprint density at radius 2 is 2.23 bits per heavy atom. The summed E-state index contributed by atoms with van der Waals surface area (Å²) in [6.45, 7) is 6.09. The summed E-state index contributed by atoms with van der Waals surface area (Å²) in [5.41, 5.74) is 3.13. The van der Waals surface area contributed by atoms with Crippen LogP contribution in [-0.2, 0) is 4.79 Å². The van der Waals surface area contributed by atoms with Crippen molar-refractivity contribution in [3.63, 3.8) is 0 Å². The summed E-state index contributed by atoms with van der Waals surface area (Å²) in [5.74, 6) is 1.83. The highest BCUT2D eigenvalue weighted by molar-refractivity contribution is 8.00. The van der Waals surface area contributed by atoms with Crippen LogP contribution in [0.4, 0.5) is 5.82 Å². The maximum Gasteiger partial charge on any atom is 0.235 e. The SMILES string of the molecule is C=CCOc1ccc([C@H]2SCC(=O)Nc3n[nH]c(C)c32)cc1. The summed E-state index contributed by atoms with van der Waals surface area (Å²) in [6.07, 6.45) is 1.72. The Bertz CT molecular complexity index is 694. The first-order valence-corrected chi connectivity index (χ1v) is 8.04. The average Bonchev–Trinajstić information content (AvgIpc) is 2.78. The molecular formula is C16H17N3O2S. The Labute approximate surface area is 133 Å². The second-order valence-electron chi connectivity index (χ2n) is 5.02. The first-order valence-electron chi connectivity index (χ1n) is 6.99. The van der Waals surface area contributed by atoms with Crippen molar-refractivity contribution in [2.24, 2.45) is 0 Å². The zero-order chi connectivity index (χ0) is 15.5. The molecule has 0 aliphatic carbocycles. The molecular weight excluding hydrogens is 298 g/mol. The Morgan fingerprint density at radius 3 is 2.95 bits per heavy atom. The predicted octanol–water partition coefficient (Wildman–Crippen LogP) is 3.06. The Kier molecular flexibility index (Phi) is 4.20. The molecule has 22 heavy (non-hydrogen) atoms. The summed E-state index contributed by atoms with van der Waals surface area (Å²) >= 11 is 1.60. The van der Waals surface area contributed by atoms with Gasteiger partial charge in [0.2, 0.25) is 5.91 Å². The molecule has 1 atom stereocenters. The zero-order valence-electron chi connectivity index (χ0n) is 12.3. The number of rotatable bonds is 4. The van der Waals surface area contributed by atoms with Crippen LogP contribution in [0.15, 0.2) is 36.9 Å². The van der Waals surface area contributed by atoms with E-state index in [0.717, 1.165) is 22.6 Å². The molecule has 0 spiro atoms. The number of aryl methyl sites for hydroxylation is 1. The zero-order valence-corrected chi connectivity index (χ0v) is 13.1. The molecule has 0 unspecified atom stereocenters. The number of H-pyrrole nitrogens is 1. The molecule has 114 valence electrons. The number of amides is 1. The molecule has 1 aliphatic rings. The molecule has 0 bridgehead atoms. The van der Waals surface area contributed by atoms with E-state index < -0.39 is 0 Å². The summed E-state index contributed by atoms with van der Waals surface area (Å²) in [7, 11) is 0. The minimum atomic E-state index is -0.0220. The maximum absolute atomic E-state index is 11.8. The van der Waals surface area contributed by atoms with E-state index >= 15 is 0 Å². The molecule has 1 aromatic carbocycles. The number of aromatic nitrogens is 2. The van der Waals surface area contributed by atoms with Crippen LogP contribution in [0.3, 0.4) is 0 Å². The van der Waals surface area contributed by atoms with Crippen LogP contribution in [0.5, 0.6) is 5.75 Å². The van der Waals surface area contributed by atoms with E-state index in [1.165, 1.54) is 0 Å². The van der Waals surface area contributed by atoms with E-state index in [2.05, 4.69) is 22.1 Å². The molecule has 3 rings (SSSR count). The number of hydrogen-bond donors (Lipinski definition) is 2. The van der Waals surface area contributed by atoms with Crippen LogP contribution in [0.1, 0.15) is 22.1 Å². The topological polar surface area (TPSA) is 67.0 Å². The largest absolute Gasteiger partial charge is 0.490 e. The molecule has 5 nitrogen and oxygen atoms in total. The third-order valence-electron chi connectivity index (χ3n) is 3.45. The van der Waals surface area contributed by atoms with E-state index in [1.807, 2.05) is 31.2 Å². The average molecular weight is 315 g/mol. The smallest absolute Gasteiger partial charge is 0.235 e. The van der Waals surface area contributed by atoms with Gasteiger partial charge >= 0.3 is 0 Å². The van der Waals surface area contributed by atoms with Gasteiger partial charge in [0.1, 0.15) is 12.4 Å². The van der Waals surface area contributed by atoms with Gasteiger partial charge in [-0.25, -0.2) is 0 Å². The Morgan fingerprint density at radius 1 is 1.45 bits per heavy atom. The van der Waals surface area contributed by atoms with Gasteiger partial charge < -0.3 is 10.1 Å². The van der Waals surface area contributed by atoms with Crippen molar-refractivity contribution in [1.29, 1.82) is 0 Å². The molecule has 0 saturated carbocycles. The van der Waals surface area contributed by atoms with E-state index in [1.54, 1.807) is 17.8 Å². The van der Waals surface area contributed by atoms with Gasteiger partial charge in [-0.05, 0) is 24.6 Å². The highest BCUT2D eigenvalue weighted by Crippen LogP contribution is 2.42. The number of nitrogens with zero attached hydrogens (tertiary/aromatic N) is 1. The van der Waals surface area contributed by atoms with Crippen molar-refractivity contribution in [2.45, 2.75) is 12.2 Å².